The van der Waals surface area contributed by atoms with E-state index in [-0.39, 0.29) is 6.10 Å². The zero-order valence-electron chi connectivity index (χ0n) is 15.1. The molecule has 0 radical (unpaired) electrons. The van der Waals surface area contributed by atoms with E-state index in [1.54, 1.807) is 7.11 Å². The van der Waals surface area contributed by atoms with Crippen molar-refractivity contribution in [1.82, 2.24) is 0 Å². The molecule has 2 rings (SSSR count). The lowest BCUT2D eigenvalue weighted by Gasteiger charge is -2.36. The molecule has 0 bridgehead atoms. The van der Waals surface area contributed by atoms with Gasteiger partial charge in [0.25, 0.3) is 5.95 Å². The van der Waals surface area contributed by atoms with Crippen LogP contribution in [-0.4, -0.2) is 32.0 Å². The Balaban J connectivity index is 2.02. The van der Waals surface area contributed by atoms with Gasteiger partial charge in [-0.1, -0.05) is 42.5 Å². The number of hydrogen-bond acceptors (Lipinski definition) is 4. The maximum atomic E-state index is 6.09. The Labute approximate surface area is 150 Å². The third-order valence-corrected chi connectivity index (χ3v) is 4.32. The van der Waals surface area contributed by atoms with E-state index in [0.717, 1.165) is 18.4 Å². The normalized spacial score (nSPS) is 17.1. The van der Waals surface area contributed by atoms with Crippen LogP contribution in [0.2, 0.25) is 0 Å². The van der Waals surface area contributed by atoms with Crippen LogP contribution in [0.4, 0.5) is 0 Å². The van der Waals surface area contributed by atoms with Gasteiger partial charge in [0.1, 0.15) is 12.2 Å². The van der Waals surface area contributed by atoms with Gasteiger partial charge in [-0.25, -0.2) is 0 Å². The third-order valence-electron chi connectivity index (χ3n) is 4.32. The standard InChI is InChI=1S/C21H28O4/c1-4-5-14-21(2,22-3)19(25-20-13-9-10-15-24-20)17-23-16-18-11-7-6-8-12-18/h4,6-13,19H,1,5,14-17H2,2-3H3/t19?,21-/m1/s1. The van der Waals surface area contributed by atoms with Gasteiger partial charge in [-0.05, 0) is 31.4 Å². The summed E-state index contributed by atoms with van der Waals surface area (Å²) >= 11 is 0. The Morgan fingerprint density at radius 2 is 2.12 bits per heavy atom. The summed E-state index contributed by atoms with van der Waals surface area (Å²) in [7, 11) is 1.70. The first kappa shape index (κ1) is 19.3. The fourth-order valence-corrected chi connectivity index (χ4v) is 2.57. The van der Waals surface area contributed by atoms with Crippen LogP contribution in [0.25, 0.3) is 0 Å². The summed E-state index contributed by atoms with van der Waals surface area (Å²) in [6.07, 6.45) is 8.89. The van der Waals surface area contributed by atoms with Crippen LogP contribution >= 0.6 is 0 Å². The summed E-state index contributed by atoms with van der Waals surface area (Å²) in [4.78, 5) is 0. The molecule has 0 fully saturated rings. The van der Waals surface area contributed by atoms with Gasteiger partial charge in [0, 0.05) is 13.2 Å². The molecule has 1 aromatic rings. The van der Waals surface area contributed by atoms with E-state index in [1.807, 2.05) is 61.6 Å². The van der Waals surface area contributed by atoms with Gasteiger partial charge in [0.2, 0.25) is 0 Å². The molecule has 0 amide bonds. The number of hydrogen-bond donors (Lipinski definition) is 0. The smallest absolute Gasteiger partial charge is 0.279 e. The number of ether oxygens (including phenoxy) is 4. The van der Waals surface area contributed by atoms with E-state index < -0.39 is 5.60 Å². The second kappa shape index (κ2) is 10.1. The SMILES string of the molecule is C=CCC[C@@](C)(OC)C(COCc1ccccc1)OC1=CC=CCO1. The number of rotatable bonds is 11. The highest BCUT2D eigenvalue weighted by Gasteiger charge is 2.36. The van der Waals surface area contributed by atoms with E-state index in [4.69, 9.17) is 18.9 Å². The maximum Gasteiger partial charge on any atom is 0.279 e. The van der Waals surface area contributed by atoms with Crippen LogP contribution in [-0.2, 0) is 25.6 Å². The van der Waals surface area contributed by atoms with Crippen LogP contribution in [0.3, 0.4) is 0 Å². The van der Waals surface area contributed by atoms with Crippen molar-refractivity contribution in [2.45, 2.75) is 38.1 Å². The van der Waals surface area contributed by atoms with Crippen molar-refractivity contribution in [3.05, 3.63) is 72.7 Å². The number of allylic oxidation sites excluding steroid dienone is 3. The van der Waals surface area contributed by atoms with Crippen LogP contribution in [0.1, 0.15) is 25.3 Å². The van der Waals surface area contributed by atoms with Crippen molar-refractivity contribution >= 4 is 0 Å². The molecule has 25 heavy (non-hydrogen) atoms. The summed E-state index contributed by atoms with van der Waals surface area (Å²) < 4.78 is 23.3. The Bertz CT molecular complexity index is 579. The first-order valence-electron chi connectivity index (χ1n) is 8.62. The maximum absolute atomic E-state index is 6.09. The van der Waals surface area contributed by atoms with Gasteiger partial charge >= 0.3 is 0 Å². The molecule has 0 N–H and O–H groups in total. The molecule has 2 atom stereocenters. The highest BCUT2D eigenvalue weighted by atomic mass is 16.7. The predicted molar refractivity (Wildman–Crippen MR) is 99.0 cm³/mol. The Kier molecular flexibility index (Phi) is 7.76. The summed E-state index contributed by atoms with van der Waals surface area (Å²) in [5, 5.41) is 0. The van der Waals surface area contributed by atoms with Gasteiger partial charge in [0.05, 0.1) is 13.2 Å². The third kappa shape index (κ3) is 6.07. The van der Waals surface area contributed by atoms with E-state index in [9.17, 15) is 0 Å². The Hall–Kier alpha value is -2.04. The molecule has 4 nitrogen and oxygen atoms in total. The molecule has 0 spiro atoms. The van der Waals surface area contributed by atoms with Crippen molar-refractivity contribution in [1.29, 1.82) is 0 Å². The van der Waals surface area contributed by atoms with Gasteiger partial charge in [-0.15, -0.1) is 6.58 Å². The molecular weight excluding hydrogens is 316 g/mol. The number of methoxy groups -OCH3 is 1. The summed E-state index contributed by atoms with van der Waals surface area (Å²) in [5.41, 5.74) is 0.624. The molecule has 1 unspecified atom stereocenters. The molecular formula is C21H28O4. The summed E-state index contributed by atoms with van der Waals surface area (Å²) in [6.45, 7) is 7.28. The number of benzene rings is 1. The lowest BCUT2D eigenvalue weighted by atomic mass is 9.93. The summed E-state index contributed by atoms with van der Waals surface area (Å²) in [5.74, 6) is 0.498. The first-order valence-corrected chi connectivity index (χ1v) is 8.62. The minimum atomic E-state index is -0.504. The molecule has 0 saturated carbocycles. The van der Waals surface area contributed by atoms with Crippen LogP contribution < -0.4 is 0 Å². The minimum Gasteiger partial charge on any atom is -0.461 e. The predicted octanol–water partition coefficient (Wildman–Crippen LogP) is 4.39. The fraction of sp³-hybridized carbons (Fsp3) is 0.429. The molecule has 1 heterocycles. The van der Waals surface area contributed by atoms with Crippen molar-refractivity contribution in [3.8, 4) is 0 Å². The zero-order chi connectivity index (χ0) is 18.0. The molecule has 1 aliphatic rings. The molecule has 0 saturated heterocycles. The zero-order valence-corrected chi connectivity index (χ0v) is 15.1. The highest BCUT2D eigenvalue weighted by molar-refractivity contribution is 5.13. The fourth-order valence-electron chi connectivity index (χ4n) is 2.57. The largest absolute Gasteiger partial charge is 0.461 e. The Morgan fingerprint density at radius 1 is 1.32 bits per heavy atom. The van der Waals surface area contributed by atoms with Crippen molar-refractivity contribution in [3.63, 3.8) is 0 Å². The van der Waals surface area contributed by atoms with Crippen molar-refractivity contribution in [2.24, 2.45) is 0 Å². The minimum absolute atomic E-state index is 0.293. The Morgan fingerprint density at radius 3 is 2.76 bits per heavy atom. The van der Waals surface area contributed by atoms with Crippen LogP contribution in [0.15, 0.2) is 67.2 Å². The monoisotopic (exact) mass is 344 g/mol. The van der Waals surface area contributed by atoms with Gasteiger partial charge in [-0.2, -0.15) is 0 Å². The van der Waals surface area contributed by atoms with E-state index >= 15 is 0 Å². The molecule has 0 aliphatic carbocycles. The van der Waals surface area contributed by atoms with Crippen molar-refractivity contribution < 1.29 is 18.9 Å². The topological polar surface area (TPSA) is 36.9 Å². The second-order valence-electron chi connectivity index (χ2n) is 6.18. The van der Waals surface area contributed by atoms with Crippen LogP contribution in [0.5, 0.6) is 0 Å². The molecule has 1 aromatic carbocycles. The van der Waals surface area contributed by atoms with E-state index in [2.05, 4.69) is 6.58 Å². The molecule has 4 heteroatoms. The van der Waals surface area contributed by atoms with Gasteiger partial charge < -0.3 is 18.9 Å². The van der Waals surface area contributed by atoms with E-state index in [1.165, 1.54) is 0 Å². The van der Waals surface area contributed by atoms with Crippen LogP contribution in [0, 0.1) is 0 Å². The quantitative estimate of drug-likeness (QED) is 0.558. The van der Waals surface area contributed by atoms with Gasteiger partial charge in [-0.3, -0.25) is 0 Å². The average Bonchev–Trinajstić information content (AvgIpc) is 2.67. The second-order valence-corrected chi connectivity index (χ2v) is 6.18. The lowest BCUT2D eigenvalue weighted by Crippen LogP contribution is -2.46. The first-order chi connectivity index (χ1) is 12.2. The van der Waals surface area contributed by atoms with Crippen molar-refractivity contribution in [2.75, 3.05) is 20.3 Å². The van der Waals surface area contributed by atoms with Gasteiger partial charge in [0.15, 0.2) is 6.10 Å². The lowest BCUT2D eigenvalue weighted by molar-refractivity contribution is -0.153. The molecule has 136 valence electrons. The molecule has 0 aromatic heterocycles. The highest BCUT2D eigenvalue weighted by Crippen LogP contribution is 2.27. The average molecular weight is 344 g/mol. The van der Waals surface area contributed by atoms with E-state index in [0.29, 0.717) is 25.8 Å². The molecule has 1 aliphatic heterocycles. The summed E-state index contributed by atoms with van der Waals surface area (Å²) in [6, 6.07) is 10.1.